The highest BCUT2D eigenvalue weighted by atomic mass is 35.5. The van der Waals surface area contributed by atoms with Crippen molar-refractivity contribution < 1.29 is 28.7 Å². The van der Waals surface area contributed by atoms with E-state index in [-0.39, 0.29) is 36.9 Å². The van der Waals surface area contributed by atoms with E-state index < -0.39 is 11.8 Å². The summed E-state index contributed by atoms with van der Waals surface area (Å²) in [7, 11) is 0. The lowest BCUT2D eigenvalue weighted by molar-refractivity contribution is -0.135. The number of nitrogens with one attached hydrogen (secondary N) is 4. The summed E-state index contributed by atoms with van der Waals surface area (Å²) in [5.74, 6) is -1.73. The van der Waals surface area contributed by atoms with Crippen LogP contribution in [0.3, 0.4) is 0 Å². The van der Waals surface area contributed by atoms with Crippen LogP contribution in [0.25, 0.3) is 0 Å². The van der Waals surface area contributed by atoms with Crippen molar-refractivity contribution in [3.05, 3.63) is 58.6 Å². The topological polar surface area (TPSA) is 135 Å². The Morgan fingerprint density at radius 1 is 0.639 bits per heavy atom. The maximum absolute atomic E-state index is 12.4. The van der Waals surface area contributed by atoms with Crippen molar-refractivity contribution >= 4 is 46.8 Å². The molecule has 4 amide bonds. The smallest absolute Gasteiger partial charge is 0.276 e. The largest absolute Gasteiger partial charge is 0.482 e. The van der Waals surface area contributed by atoms with Gasteiger partial charge >= 0.3 is 0 Å². The van der Waals surface area contributed by atoms with Crippen molar-refractivity contribution in [2.75, 3.05) is 13.2 Å². The lowest BCUT2D eigenvalue weighted by Crippen LogP contribution is -2.48. The minimum atomic E-state index is -0.536. The Bertz CT molecular complexity index is 1010. The van der Waals surface area contributed by atoms with Crippen LogP contribution in [0.15, 0.2) is 48.5 Å². The first-order chi connectivity index (χ1) is 17.3. The van der Waals surface area contributed by atoms with Crippen LogP contribution in [-0.2, 0) is 19.2 Å². The predicted octanol–water partition coefficient (Wildman–Crippen LogP) is 2.55. The Morgan fingerprint density at radius 2 is 1.00 bits per heavy atom. The second-order valence-electron chi connectivity index (χ2n) is 8.06. The number of hydrogen-bond donors (Lipinski definition) is 4. The number of ether oxygens (including phenoxy) is 2. The fourth-order valence-corrected chi connectivity index (χ4v) is 3.95. The van der Waals surface area contributed by atoms with Crippen molar-refractivity contribution in [2.45, 2.75) is 25.7 Å². The molecule has 12 heteroatoms. The monoisotopic (exact) mass is 536 g/mol. The third kappa shape index (κ3) is 8.31. The zero-order chi connectivity index (χ0) is 25.9. The van der Waals surface area contributed by atoms with Crippen molar-refractivity contribution in [3.8, 4) is 11.5 Å². The maximum Gasteiger partial charge on any atom is 0.276 e. The molecule has 1 saturated carbocycles. The van der Waals surface area contributed by atoms with Gasteiger partial charge in [0.2, 0.25) is 11.8 Å². The molecule has 0 heterocycles. The van der Waals surface area contributed by atoms with Gasteiger partial charge in [0.05, 0.1) is 10.0 Å². The Morgan fingerprint density at radius 3 is 1.36 bits per heavy atom. The van der Waals surface area contributed by atoms with Gasteiger partial charge in [0, 0.05) is 11.8 Å². The molecule has 0 spiro atoms. The molecule has 3 rings (SSSR count). The molecule has 4 N–H and O–H groups in total. The van der Waals surface area contributed by atoms with Crippen molar-refractivity contribution in [1.29, 1.82) is 0 Å². The molecule has 0 saturated heterocycles. The van der Waals surface area contributed by atoms with Crippen LogP contribution in [0.1, 0.15) is 25.7 Å². The minimum Gasteiger partial charge on any atom is -0.482 e. The van der Waals surface area contributed by atoms with Crippen LogP contribution in [-0.4, -0.2) is 36.8 Å². The average Bonchev–Trinajstić information content (AvgIpc) is 2.89. The van der Waals surface area contributed by atoms with Gasteiger partial charge in [-0.1, -0.05) is 47.5 Å². The normalized spacial score (nSPS) is 16.8. The van der Waals surface area contributed by atoms with Gasteiger partial charge < -0.3 is 9.47 Å². The number of benzene rings is 2. The Labute approximate surface area is 217 Å². The average molecular weight is 537 g/mol. The molecule has 2 aromatic carbocycles. The second-order valence-corrected chi connectivity index (χ2v) is 8.88. The molecular weight excluding hydrogens is 511 g/mol. The summed E-state index contributed by atoms with van der Waals surface area (Å²) in [6.45, 7) is -0.627. The summed E-state index contributed by atoms with van der Waals surface area (Å²) in [6.07, 6.45) is 1.83. The SMILES string of the molecule is O=C(COc1ccccc1Cl)NNC(=O)C1CCC(C(=O)NNC(=O)COc2ccccc2Cl)CC1. The van der Waals surface area contributed by atoms with Gasteiger partial charge in [-0.15, -0.1) is 0 Å². The molecule has 0 atom stereocenters. The number of rotatable bonds is 8. The highest BCUT2D eigenvalue weighted by Gasteiger charge is 2.30. The molecule has 0 aliphatic heterocycles. The number of hydrogen-bond acceptors (Lipinski definition) is 6. The fraction of sp³-hybridized carbons (Fsp3) is 0.333. The van der Waals surface area contributed by atoms with Gasteiger partial charge in [-0.05, 0) is 49.9 Å². The molecular formula is C24H26Cl2N4O6. The van der Waals surface area contributed by atoms with Crippen LogP contribution in [0, 0.1) is 11.8 Å². The molecule has 2 aromatic rings. The van der Waals surface area contributed by atoms with E-state index in [0.717, 1.165) is 0 Å². The van der Waals surface area contributed by atoms with Gasteiger partial charge in [0.25, 0.3) is 11.8 Å². The predicted molar refractivity (Wildman–Crippen MR) is 132 cm³/mol. The first-order valence-corrected chi connectivity index (χ1v) is 12.0. The van der Waals surface area contributed by atoms with E-state index in [9.17, 15) is 19.2 Å². The summed E-state index contributed by atoms with van der Waals surface area (Å²) >= 11 is 11.9. The van der Waals surface area contributed by atoms with Crippen LogP contribution in [0.2, 0.25) is 10.0 Å². The highest BCUT2D eigenvalue weighted by molar-refractivity contribution is 6.32. The third-order valence-corrected chi connectivity index (χ3v) is 6.13. The second kappa shape index (κ2) is 13.6. The number of amides is 4. The molecule has 1 aliphatic carbocycles. The lowest BCUT2D eigenvalue weighted by atomic mass is 9.81. The number of para-hydroxylation sites is 2. The summed E-state index contributed by atoms with van der Waals surface area (Å²) in [5, 5.41) is 0.750. The zero-order valence-corrected chi connectivity index (χ0v) is 20.7. The molecule has 1 aliphatic rings. The third-order valence-electron chi connectivity index (χ3n) is 5.51. The van der Waals surface area contributed by atoms with E-state index in [1.807, 2.05) is 0 Å². The van der Waals surface area contributed by atoms with E-state index in [4.69, 9.17) is 32.7 Å². The summed E-state index contributed by atoms with van der Waals surface area (Å²) in [4.78, 5) is 48.6. The minimum absolute atomic E-state index is 0.313. The van der Waals surface area contributed by atoms with Gasteiger partial charge in [-0.3, -0.25) is 40.9 Å². The van der Waals surface area contributed by atoms with E-state index >= 15 is 0 Å². The first-order valence-electron chi connectivity index (χ1n) is 11.3. The zero-order valence-electron chi connectivity index (χ0n) is 19.2. The number of carbonyl (C=O) groups excluding carboxylic acids is 4. The molecule has 0 bridgehead atoms. The van der Waals surface area contributed by atoms with Crippen LogP contribution >= 0.6 is 23.2 Å². The molecule has 10 nitrogen and oxygen atoms in total. The number of carbonyl (C=O) groups is 4. The maximum atomic E-state index is 12.4. The molecule has 36 heavy (non-hydrogen) atoms. The van der Waals surface area contributed by atoms with Crippen LogP contribution in [0.5, 0.6) is 11.5 Å². The van der Waals surface area contributed by atoms with Gasteiger partial charge in [0.1, 0.15) is 11.5 Å². The summed E-state index contributed by atoms with van der Waals surface area (Å²) in [5.41, 5.74) is 9.39. The van der Waals surface area contributed by atoms with Gasteiger partial charge in [-0.25, -0.2) is 0 Å². The molecule has 0 radical (unpaired) electrons. The first kappa shape index (κ1) is 27.1. The lowest BCUT2D eigenvalue weighted by Gasteiger charge is -2.27. The molecule has 192 valence electrons. The van der Waals surface area contributed by atoms with Crippen LogP contribution in [0.4, 0.5) is 0 Å². The molecule has 0 aromatic heterocycles. The molecule has 0 unspecified atom stereocenters. The standard InChI is InChI=1S/C24H26Cl2N4O6/c25-17-5-1-3-7-19(17)35-13-21(31)27-29-23(33)15-9-11-16(12-10-15)24(34)30-28-22(32)14-36-20-8-4-2-6-18(20)26/h1-8,15-16H,9-14H2,(H,27,31)(H,28,32)(H,29,33)(H,30,34). The quantitative estimate of drug-likeness (QED) is 0.383. The van der Waals surface area contributed by atoms with Gasteiger partial charge in [-0.2, -0.15) is 0 Å². The van der Waals surface area contributed by atoms with E-state index in [1.165, 1.54) is 0 Å². The van der Waals surface area contributed by atoms with Crippen molar-refractivity contribution in [1.82, 2.24) is 21.7 Å². The van der Waals surface area contributed by atoms with E-state index in [0.29, 0.717) is 47.2 Å². The van der Waals surface area contributed by atoms with Crippen molar-refractivity contribution in [3.63, 3.8) is 0 Å². The Kier molecular flexibility index (Phi) is 10.2. The van der Waals surface area contributed by atoms with Crippen LogP contribution < -0.4 is 31.2 Å². The van der Waals surface area contributed by atoms with E-state index in [2.05, 4.69) is 21.7 Å². The highest BCUT2D eigenvalue weighted by Crippen LogP contribution is 2.29. The Balaban J connectivity index is 1.30. The molecule has 1 fully saturated rings. The fourth-order valence-electron chi connectivity index (χ4n) is 3.57. The summed E-state index contributed by atoms with van der Waals surface area (Å²) < 4.78 is 10.6. The summed E-state index contributed by atoms with van der Waals surface area (Å²) in [6, 6.07) is 13.5. The number of halogens is 2. The van der Waals surface area contributed by atoms with Gasteiger partial charge in [0.15, 0.2) is 13.2 Å². The van der Waals surface area contributed by atoms with E-state index in [1.54, 1.807) is 48.5 Å². The Hall–Kier alpha value is -3.50. The van der Waals surface area contributed by atoms with Crippen molar-refractivity contribution in [2.24, 2.45) is 11.8 Å². The number of hydrazine groups is 2.